The minimum atomic E-state index is -4.88. The summed E-state index contributed by atoms with van der Waals surface area (Å²) in [4.78, 5) is 25.2. The molecular weight excluding hydrogens is 673 g/mol. The van der Waals surface area contributed by atoms with Crippen molar-refractivity contribution in [3.8, 4) is 34.2 Å². The molecule has 2 aromatic rings. The zero-order valence-corrected chi connectivity index (χ0v) is 29.4. The van der Waals surface area contributed by atoms with Crippen LogP contribution in [0.25, 0.3) is 33.4 Å². The van der Waals surface area contributed by atoms with Gasteiger partial charge in [0.15, 0.2) is 10.5 Å². The predicted octanol–water partition coefficient (Wildman–Crippen LogP) is 5.88. The molecule has 48 heavy (non-hydrogen) atoms. The van der Waals surface area contributed by atoms with Gasteiger partial charge in [-0.25, -0.2) is 4.79 Å². The maximum absolute atomic E-state index is 13.2. The van der Waals surface area contributed by atoms with Crippen LogP contribution < -0.4 is 16.4 Å². The summed E-state index contributed by atoms with van der Waals surface area (Å²) in [6, 6.07) is 10.0. The van der Waals surface area contributed by atoms with Gasteiger partial charge in [-0.05, 0) is 62.7 Å². The number of nitrogens with two attached hydrogens (primary N) is 1. The van der Waals surface area contributed by atoms with Gasteiger partial charge in [0.05, 0.1) is 16.6 Å². The van der Waals surface area contributed by atoms with Gasteiger partial charge in [-0.15, -0.1) is 0 Å². The molecule has 0 spiro atoms. The van der Waals surface area contributed by atoms with Crippen molar-refractivity contribution in [1.82, 2.24) is 5.32 Å². The zero-order valence-electron chi connectivity index (χ0n) is 27.0. The number of carboxylic acids is 1. The minimum absolute atomic E-state index is 0.0940. The van der Waals surface area contributed by atoms with Gasteiger partial charge in [0, 0.05) is 38.9 Å². The topological polar surface area (TPSA) is 193 Å². The highest BCUT2D eigenvalue weighted by Gasteiger charge is 2.29. The van der Waals surface area contributed by atoms with Crippen LogP contribution in [-0.2, 0) is 14.9 Å². The first kappa shape index (κ1) is 36.9. The molecule has 1 aliphatic heterocycles. The zero-order chi connectivity index (χ0) is 35.4. The number of hydrogen-bond acceptors (Lipinski definition) is 10. The summed E-state index contributed by atoms with van der Waals surface area (Å²) in [5, 5.41) is 21.7. The highest BCUT2D eigenvalue weighted by Crippen LogP contribution is 2.45. The number of amides is 1. The Morgan fingerprint density at radius 2 is 1.88 bits per heavy atom. The van der Waals surface area contributed by atoms with Gasteiger partial charge in [-0.2, -0.15) is 14.2 Å². The van der Waals surface area contributed by atoms with Crippen molar-refractivity contribution in [3.63, 3.8) is 0 Å². The lowest BCUT2D eigenvalue weighted by molar-refractivity contribution is 0.0697. The molecule has 251 valence electrons. The van der Waals surface area contributed by atoms with E-state index in [0.29, 0.717) is 29.5 Å². The Labute approximate surface area is 287 Å². The Morgan fingerprint density at radius 3 is 2.54 bits per heavy atom. The van der Waals surface area contributed by atoms with E-state index in [1.807, 2.05) is 35.0 Å². The largest absolute Gasteiger partial charge is 0.478 e. The van der Waals surface area contributed by atoms with Crippen LogP contribution in [0.3, 0.4) is 0 Å². The van der Waals surface area contributed by atoms with Crippen LogP contribution in [0, 0.1) is 24.1 Å². The molecule has 2 aliphatic rings. The number of benzene rings is 3. The van der Waals surface area contributed by atoms with Gasteiger partial charge in [0.2, 0.25) is 7.28 Å². The summed E-state index contributed by atoms with van der Waals surface area (Å²) in [5.41, 5.74) is 6.41. The van der Waals surface area contributed by atoms with E-state index in [-0.39, 0.29) is 61.3 Å². The number of carboxylic acid groups (broad SMARTS) is 1. The molecule has 1 amide bonds. The molecule has 2 aromatic carbocycles. The van der Waals surface area contributed by atoms with Gasteiger partial charge in [0.25, 0.3) is 16.0 Å². The van der Waals surface area contributed by atoms with Gasteiger partial charge in [-0.3, -0.25) is 9.35 Å². The van der Waals surface area contributed by atoms with E-state index in [2.05, 4.69) is 17.1 Å². The number of fused-ring (bicyclic) bond motifs is 2. The average Bonchev–Trinajstić information content (AvgIpc) is 3.01. The number of nitrogens with one attached hydrogen (secondary N) is 2. The Morgan fingerprint density at radius 1 is 1.17 bits per heavy atom. The third kappa shape index (κ3) is 8.55. The van der Waals surface area contributed by atoms with Gasteiger partial charge >= 0.3 is 5.97 Å². The Balaban J connectivity index is 1.65. The quantitative estimate of drug-likeness (QED) is 0.0173. The van der Waals surface area contributed by atoms with Gasteiger partial charge in [0.1, 0.15) is 18.3 Å². The lowest BCUT2D eigenvalue weighted by Gasteiger charge is -2.23. The Kier molecular flexibility index (Phi) is 11.6. The summed E-state index contributed by atoms with van der Waals surface area (Å²) in [5.74, 6) is 4.98. The molecule has 0 atom stereocenters. The molecule has 1 radical (unpaired) electrons. The van der Waals surface area contributed by atoms with Crippen molar-refractivity contribution in [1.29, 1.82) is 5.41 Å². The predicted molar refractivity (Wildman–Crippen MR) is 191 cm³/mol. The van der Waals surface area contributed by atoms with Crippen LogP contribution in [0.4, 0.5) is 5.69 Å². The molecule has 0 saturated carbocycles. The third-order valence-electron chi connectivity index (χ3n) is 7.11. The van der Waals surface area contributed by atoms with Crippen molar-refractivity contribution in [2.24, 2.45) is 0 Å². The van der Waals surface area contributed by atoms with E-state index in [0.717, 1.165) is 0 Å². The molecular formula is C33H35BN3O8S3. The molecule has 1 aliphatic carbocycles. The lowest BCUT2D eigenvalue weighted by Crippen LogP contribution is -2.36. The summed E-state index contributed by atoms with van der Waals surface area (Å²) in [7, 11) is 0.0495. The van der Waals surface area contributed by atoms with Crippen LogP contribution in [0.15, 0.2) is 51.8 Å². The molecule has 1 heterocycles. The average molecular weight is 709 g/mol. The maximum Gasteiger partial charge on any atom is 0.336 e. The second-order valence-corrected chi connectivity index (χ2v) is 16.1. The maximum atomic E-state index is 13.2. The van der Waals surface area contributed by atoms with Crippen molar-refractivity contribution >= 4 is 67.5 Å². The Hall–Kier alpha value is -3.94. The number of hydrogen-bond donors (Lipinski definition) is 5. The van der Waals surface area contributed by atoms with Gasteiger partial charge in [-0.1, -0.05) is 53.2 Å². The molecule has 6 N–H and O–H groups in total. The Bertz CT molecular complexity index is 2090. The monoisotopic (exact) mass is 708 g/mol. The molecule has 15 heteroatoms. The van der Waals surface area contributed by atoms with Crippen LogP contribution >= 0.6 is 21.6 Å². The second kappa shape index (κ2) is 15.1. The number of rotatable bonds is 12. The summed E-state index contributed by atoms with van der Waals surface area (Å²) >= 11 is 0. The fraction of sp³-hybridized carbons (Fsp3) is 0.303. The number of carbonyl (C=O) groups is 2. The fourth-order valence-corrected chi connectivity index (χ4v) is 7.67. The van der Waals surface area contributed by atoms with E-state index >= 15 is 0 Å². The second-order valence-electron chi connectivity index (χ2n) is 11.8. The first-order chi connectivity index (χ1) is 22.5. The molecule has 0 aromatic heterocycles. The van der Waals surface area contributed by atoms with Gasteiger partial charge < -0.3 is 30.7 Å². The normalized spacial score (nSPS) is 11.8. The molecule has 0 bridgehead atoms. The number of ether oxygens (including phenoxy) is 1. The van der Waals surface area contributed by atoms with Crippen LogP contribution in [0.1, 0.15) is 54.0 Å². The summed E-state index contributed by atoms with van der Waals surface area (Å²) in [6.07, 6.45) is 0. The molecule has 0 fully saturated rings. The molecule has 0 unspecified atom stereocenters. The van der Waals surface area contributed by atoms with Crippen LogP contribution in [0.2, 0.25) is 5.82 Å². The van der Waals surface area contributed by atoms with E-state index in [9.17, 15) is 27.7 Å². The van der Waals surface area contributed by atoms with Crippen molar-refractivity contribution in [2.45, 2.75) is 50.1 Å². The number of aromatic carboxylic acids is 1. The van der Waals surface area contributed by atoms with Crippen molar-refractivity contribution < 1.29 is 36.8 Å². The molecule has 4 rings (SSSR count). The smallest absolute Gasteiger partial charge is 0.336 e. The van der Waals surface area contributed by atoms with Crippen LogP contribution in [0.5, 0.6) is 0 Å². The standard InChI is InChI=1S/C33H35BN3O8S3/c1-18(2)34-13-6-14-44-17-46-47-33(4,5)16-37-31(38)20-7-8-21(24(15-20)32(39)40)27-22-9-11-25(35)19(3)28(22)45-29-23(27)10-12-26(36)30(29)48(41,42)43/h7-12,15,18,35H,14,16-17,36H2,1-5H3,(H,37,38)(H,39,40)(H,41,42,43). The molecule has 11 nitrogen and oxygen atoms in total. The first-order valence-corrected chi connectivity index (χ1v) is 18.4. The van der Waals surface area contributed by atoms with E-state index < -0.39 is 26.9 Å². The third-order valence-corrected chi connectivity index (χ3v) is 11.0. The van der Waals surface area contributed by atoms with Crippen LogP contribution in [-0.4, -0.2) is 61.1 Å². The fourth-order valence-electron chi connectivity index (χ4n) is 4.78. The highest BCUT2D eigenvalue weighted by molar-refractivity contribution is 8.77. The van der Waals surface area contributed by atoms with E-state index in [4.69, 9.17) is 20.3 Å². The summed E-state index contributed by atoms with van der Waals surface area (Å²) in [6.45, 7) is 10.2. The summed E-state index contributed by atoms with van der Waals surface area (Å²) < 4.78 is 45.9. The first-order valence-electron chi connectivity index (χ1n) is 14.7. The van der Waals surface area contributed by atoms with E-state index in [1.165, 1.54) is 58.0 Å². The number of nitrogen functional groups attached to an aromatic ring is 1. The number of anilines is 1. The molecule has 0 saturated heterocycles. The van der Waals surface area contributed by atoms with Crippen molar-refractivity contribution in [2.75, 3.05) is 24.8 Å². The van der Waals surface area contributed by atoms with Crippen molar-refractivity contribution in [3.05, 3.63) is 64.5 Å². The SMILES string of the molecule is Cc1c2oc3c(S(=O)(=O)O)c(N)ccc3c(-c3ccc(C(=O)NCC(C)(C)SSCOCC#C[B]C(C)C)cc3C(=O)O)c-2ccc1=N. The minimum Gasteiger partial charge on any atom is -0.478 e. The highest BCUT2D eigenvalue weighted by atomic mass is 33.1. The van der Waals surface area contributed by atoms with E-state index in [1.54, 1.807) is 13.0 Å². The number of carbonyl (C=O) groups excluding carboxylic acids is 1. The lowest BCUT2D eigenvalue weighted by atomic mass is 9.67.